The minimum absolute atomic E-state index is 0.0332. The molecule has 0 spiro atoms. The van der Waals surface area contributed by atoms with E-state index in [9.17, 15) is 29.5 Å². The second-order valence-electron chi connectivity index (χ2n) is 16.7. The lowest BCUT2D eigenvalue weighted by Gasteiger charge is -2.35. The van der Waals surface area contributed by atoms with Gasteiger partial charge in [-0.05, 0) is 100 Å². The van der Waals surface area contributed by atoms with Crippen LogP contribution in [0, 0.1) is 22.6 Å². The number of carbonyl (C=O) groups excluding carboxylic acids is 4. The van der Waals surface area contributed by atoms with Crippen molar-refractivity contribution >= 4 is 70.3 Å². The van der Waals surface area contributed by atoms with Crippen molar-refractivity contribution in [2.45, 2.75) is 104 Å². The van der Waals surface area contributed by atoms with Crippen LogP contribution in [0.15, 0.2) is 53.3 Å². The lowest BCUT2D eigenvalue weighted by Crippen LogP contribution is -2.58. The van der Waals surface area contributed by atoms with Gasteiger partial charge in [-0.3, -0.25) is 24.1 Å². The standard InChI is InChI=1S/C45H59ClFN7O9S/c1-8-13-37(49-28-60-9-2)50-40(57)35-24-32(55)26-52(35)41(58)39(44(3,4)5)51-38(56)27-62-20-12-19-61-18-10-11-21-63-36-17-16-31(23-34(36)47)54-43(64)53(42(59)45(54,6)7)30-15-14-29(25-48)33(46)22-30/h13-17,22-23,28,32,35,39,55H,8-12,18-21,24,26-27H2,1-7H3,(H,50,57)(H,51,56)/b37-13-,49-28-/t32-,35+,39-/m1/s1. The molecule has 2 aromatic rings. The molecule has 0 unspecified atom stereocenters. The maximum atomic E-state index is 15.3. The predicted octanol–water partition coefficient (Wildman–Crippen LogP) is 5.77. The van der Waals surface area contributed by atoms with Crippen LogP contribution in [-0.2, 0) is 33.4 Å². The second kappa shape index (κ2) is 23.7. The summed E-state index contributed by atoms with van der Waals surface area (Å²) in [6.45, 7) is 13.8. The minimum atomic E-state index is -1.14. The first-order valence-electron chi connectivity index (χ1n) is 21.2. The number of ether oxygens (including phenoxy) is 4. The number of allylic oxidation sites excluding steroid dienone is 1. The van der Waals surface area contributed by atoms with Crippen LogP contribution in [-0.4, -0.2) is 115 Å². The summed E-state index contributed by atoms with van der Waals surface area (Å²) in [6, 6.07) is 8.99. The van der Waals surface area contributed by atoms with Crippen LogP contribution in [0.1, 0.15) is 86.1 Å². The molecular weight excluding hydrogens is 869 g/mol. The third kappa shape index (κ3) is 13.4. The lowest BCUT2D eigenvalue weighted by atomic mass is 9.85. The molecule has 2 saturated heterocycles. The molecule has 3 atom stereocenters. The van der Waals surface area contributed by atoms with Crippen molar-refractivity contribution in [3.8, 4) is 11.8 Å². The highest BCUT2D eigenvalue weighted by Gasteiger charge is 2.50. The van der Waals surface area contributed by atoms with Gasteiger partial charge in [0.05, 0.1) is 35.6 Å². The summed E-state index contributed by atoms with van der Waals surface area (Å²) in [6.07, 6.45) is 4.38. The van der Waals surface area contributed by atoms with Crippen molar-refractivity contribution < 1.29 is 47.6 Å². The topological polar surface area (TPSA) is 195 Å². The second-order valence-corrected chi connectivity index (χ2v) is 17.5. The first-order valence-corrected chi connectivity index (χ1v) is 22.0. The normalized spacial score (nSPS) is 18.1. The van der Waals surface area contributed by atoms with E-state index in [1.807, 2.05) is 13.0 Å². The van der Waals surface area contributed by atoms with Crippen LogP contribution in [0.4, 0.5) is 15.8 Å². The minimum Gasteiger partial charge on any atom is -0.491 e. The number of aliphatic imine (C=N–C) groups is 1. The molecule has 348 valence electrons. The molecule has 2 fully saturated rings. The van der Waals surface area contributed by atoms with Gasteiger partial charge in [0.15, 0.2) is 23.1 Å². The molecule has 2 aliphatic rings. The molecule has 0 bridgehead atoms. The Hall–Kier alpha value is -5.19. The van der Waals surface area contributed by atoms with E-state index in [-0.39, 0.29) is 66.0 Å². The van der Waals surface area contributed by atoms with Gasteiger partial charge in [-0.15, -0.1) is 0 Å². The number of nitrogens with one attached hydrogen (secondary N) is 2. The molecular formula is C45H59ClFN7O9S. The quantitative estimate of drug-likeness (QED) is 0.0559. The maximum Gasteiger partial charge on any atom is 0.259 e. The largest absolute Gasteiger partial charge is 0.491 e. The van der Waals surface area contributed by atoms with E-state index < -0.39 is 52.7 Å². The third-order valence-corrected chi connectivity index (χ3v) is 11.0. The van der Waals surface area contributed by atoms with Crippen molar-refractivity contribution in [3.63, 3.8) is 0 Å². The van der Waals surface area contributed by atoms with Gasteiger partial charge in [0.25, 0.3) is 5.91 Å². The van der Waals surface area contributed by atoms with Crippen molar-refractivity contribution in [2.75, 3.05) is 56.0 Å². The Kier molecular flexibility index (Phi) is 19.0. The number of hydrogen-bond donors (Lipinski definition) is 3. The number of rotatable bonds is 22. The van der Waals surface area contributed by atoms with E-state index in [4.69, 9.17) is 42.8 Å². The smallest absolute Gasteiger partial charge is 0.259 e. The molecule has 16 nitrogen and oxygen atoms in total. The Morgan fingerprint density at radius 2 is 1.77 bits per heavy atom. The number of hydrogen-bond acceptors (Lipinski definition) is 12. The highest BCUT2D eigenvalue weighted by atomic mass is 35.5. The van der Waals surface area contributed by atoms with Gasteiger partial charge in [0.2, 0.25) is 17.7 Å². The van der Waals surface area contributed by atoms with Crippen LogP contribution in [0.3, 0.4) is 0 Å². The maximum absolute atomic E-state index is 15.3. The fourth-order valence-electron chi connectivity index (χ4n) is 6.98. The monoisotopic (exact) mass is 927 g/mol. The number of halogens is 2. The van der Waals surface area contributed by atoms with Crippen LogP contribution in [0.25, 0.3) is 0 Å². The van der Waals surface area contributed by atoms with E-state index >= 15 is 4.39 Å². The van der Waals surface area contributed by atoms with Gasteiger partial charge in [0, 0.05) is 44.5 Å². The van der Waals surface area contributed by atoms with Crippen LogP contribution in [0.2, 0.25) is 5.02 Å². The molecule has 0 saturated carbocycles. The van der Waals surface area contributed by atoms with Gasteiger partial charge in [-0.2, -0.15) is 5.26 Å². The summed E-state index contributed by atoms with van der Waals surface area (Å²) in [5.74, 6) is -2.15. The van der Waals surface area contributed by atoms with Crippen molar-refractivity contribution in [3.05, 3.63) is 64.7 Å². The number of anilines is 2. The number of benzene rings is 2. The molecule has 64 heavy (non-hydrogen) atoms. The number of amides is 4. The Morgan fingerprint density at radius 3 is 2.42 bits per heavy atom. The van der Waals surface area contributed by atoms with Crippen LogP contribution >= 0.6 is 23.8 Å². The molecule has 0 aliphatic carbocycles. The number of likely N-dealkylation sites (tertiary alicyclic amines) is 1. The average molecular weight is 929 g/mol. The molecule has 0 aromatic heterocycles. The Labute approximate surface area is 384 Å². The fourth-order valence-corrected chi connectivity index (χ4v) is 7.72. The zero-order chi connectivity index (χ0) is 47.2. The number of thiocarbonyl (C=S) groups is 1. The summed E-state index contributed by atoms with van der Waals surface area (Å²) >= 11 is 11.9. The lowest BCUT2D eigenvalue weighted by molar-refractivity contribution is -0.144. The van der Waals surface area contributed by atoms with Crippen molar-refractivity contribution in [1.82, 2.24) is 15.5 Å². The highest BCUT2D eigenvalue weighted by molar-refractivity contribution is 7.81. The molecule has 4 rings (SSSR count). The number of aliphatic hydroxyl groups excluding tert-OH is 1. The first kappa shape index (κ1) is 51.4. The number of β-amino-alcohol motifs (C(OH)–C–C–N with tert-alkyl or cyclic N) is 1. The summed E-state index contributed by atoms with van der Waals surface area (Å²) < 4.78 is 37.3. The van der Waals surface area contributed by atoms with E-state index in [1.165, 1.54) is 40.5 Å². The molecule has 2 aromatic carbocycles. The Balaban J connectivity index is 1.15. The van der Waals surface area contributed by atoms with Gasteiger partial charge in [-0.1, -0.05) is 39.3 Å². The molecule has 3 N–H and O–H groups in total. The fraction of sp³-hybridized carbons (Fsp3) is 0.533. The number of unbranched alkanes of at least 4 members (excludes halogenated alkanes) is 1. The SMILES string of the molecule is CC/C=C(/N=C\OCC)NC(=O)[C@@H]1C[C@@H](O)CN1C(=O)[C@@H](NC(=O)COCCCOCCCCOc1ccc(N2C(=S)N(c3ccc(C#N)c(Cl)c3)C(=O)C2(C)C)cc1F)C(C)(C)C. The summed E-state index contributed by atoms with van der Waals surface area (Å²) in [5, 5.41) is 25.5. The van der Waals surface area contributed by atoms with Gasteiger partial charge in [-0.25, -0.2) is 9.38 Å². The first-order chi connectivity index (χ1) is 30.3. The number of nitriles is 1. The number of carbonyl (C=O) groups is 4. The van der Waals surface area contributed by atoms with E-state index in [2.05, 4.69) is 15.6 Å². The molecule has 19 heteroatoms. The van der Waals surface area contributed by atoms with Crippen LogP contribution in [0.5, 0.6) is 5.75 Å². The zero-order valence-electron chi connectivity index (χ0n) is 37.4. The highest BCUT2D eigenvalue weighted by Crippen LogP contribution is 2.38. The molecule has 2 heterocycles. The number of nitrogens with zero attached hydrogens (tertiary/aromatic N) is 5. The van der Waals surface area contributed by atoms with Crippen molar-refractivity contribution in [2.24, 2.45) is 10.4 Å². The Morgan fingerprint density at radius 1 is 1.08 bits per heavy atom. The number of aliphatic hydroxyl groups is 1. The van der Waals surface area contributed by atoms with E-state index in [0.29, 0.717) is 56.9 Å². The summed E-state index contributed by atoms with van der Waals surface area (Å²) in [7, 11) is 0. The van der Waals surface area contributed by atoms with E-state index in [1.54, 1.807) is 64.7 Å². The van der Waals surface area contributed by atoms with Gasteiger partial charge in [0.1, 0.15) is 36.1 Å². The third-order valence-electron chi connectivity index (χ3n) is 10.3. The summed E-state index contributed by atoms with van der Waals surface area (Å²) in [4.78, 5) is 61.9. The van der Waals surface area contributed by atoms with E-state index in [0.717, 1.165) is 0 Å². The van der Waals surface area contributed by atoms with Gasteiger partial charge < -0.3 is 44.5 Å². The predicted molar refractivity (Wildman–Crippen MR) is 244 cm³/mol. The molecule has 4 amide bonds. The zero-order valence-corrected chi connectivity index (χ0v) is 39.0. The van der Waals surface area contributed by atoms with Crippen LogP contribution < -0.4 is 25.2 Å². The van der Waals surface area contributed by atoms with Crippen molar-refractivity contribution in [1.29, 1.82) is 5.26 Å². The van der Waals surface area contributed by atoms with Gasteiger partial charge >= 0.3 is 0 Å². The average Bonchev–Trinajstić information content (AvgIpc) is 3.71. The molecule has 0 radical (unpaired) electrons. The summed E-state index contributed by atoms with van der Waals surface area (Å²) in [5.41, 5.74) is -0.847. The molecule has 2 aliphatic heterocycles. The Bertz CT molecular complexity index is 2110.